The number of rotatable bonds is 4. The summed E-state index contributed by atoms with van der Waals surface area (Å²) in [6.45, 7) is 11.3. The van der Waals surface area contributed by atoms with E-state index < -0.39 is 0 Å². The van der Waals surface area contributed by atoms with Crippen molar-refractivity contribution in [1.82, 2.24) is 0 Å². The lowest BCUT2D eigenvalue weighted by molar-refractivity contribution is 0.252. The van der Waals surface area contributed by atoms with Crippen molar-refractivity contribution in [2.24, 2.45) is 11.8 Å². The van der Waals surface area contributed by atoms with E-state index in [1.54, 1.807) is 0 Å². The highest BCUT2D eigenvalue weighted by Crippen LogP contribution is 2.45. The molecule has 1 aliphatic heterocycles. The first kappa shape index (κ1) is 10.0. The van der Waals surface area contributed by atoms with Crippen LogP contribution >= 0.6 is 0 Å². The fraction of sp³-hybridized carbons (Fsp3) is 1.00. The van der Waals surface area contributed by atoms with E-state index in [0.717, 1.165) is 5.92 Å². The van der Waals surface area contributed by atoms with Gasteiger partial charge in [0.15, 0.2) is 0 Å². The second-order valence-electron chi connectivity index (χ2n) is 4.92. The van der Waals surface area contributed by atoms with Gasteiger partial charge in [0, 0.05) is 0 Å². The third kappa shape index (κ3) is 2.01. The third-order valence-electron chi connectivity index (χ3n) is 3.13. The molecule has 0 N–H and O–H groups in total. The Kier molecular flexibility index (Phi) is 2.82. The van der Waals surface area contributed by atoms with Gasteiger partial charge in [-0.25, -0.2) is 0 Å². The van der Waals surface area contributed by atoms with Crippen LogP contribution in [0.2, 0.25) is 0 Å². The predicted molar refractivity (Wildman–Crippen MR) is 52.2 cm³/mol. The number of ether oxygens (including phenoxy) is 1. The zero-order chi connectivity index (χ0) is 9.35. The van der Waals surface area contributed by atoms with Gasteiger partial charge in [0.1, 0.15) is 0 Å². The average Bonchev–Trinajstić information content (AvgIpc) is 2.59. The summed E-state index contributed by atoms with van der Waals surface area (Å²) in [5.74, 6) is 1.47. The van der Waals surface area contributed by atoms with Crippen molar-refractivity contribution in [1.29, 1.82) is 0 Å². The topological polar surface area (TPSA) is 12.5 Å². The molecule has 0 amide bonds. The van der Waals surface area contributed by atoms with Crippen LogP contribution in [-0.4, -0.2) is 11.7 Å². The zero-order valence-electron chi connectivity index (χ0n) is 9.05. The number of epoxide rings is 1. The van der Waals surface area contributed by atoms with Gasteiger partial charge >= 0.3 is 0 Å². The van der Waals surface area contributed by atoms with Gasteiger partial charge in [-0.15, -0.1) is 0 Å². The second kappa shape index (κ2) is 3.37. The first-order valence-corrected chi connectivity index (χ1v) is 5.14. The summed E-state index contributed by atoms with van der Waals surface area (Å²) in [6.07, 6.45) is 3.08. The van der Waals surface area contributed by atoms with Crippen molar-refractivity contribution < 1.29 is 4.74 Å². The van der Waals surface area contributed by atoms with Gasteiger partial charge in [-0.1, -0.05) is 27.7 Å². The predicted octanol–water partition coefficient (Wildman–Crippen LogP) is 3.24. The van der Waals surface area contributed by atoms with Crippen molar-refractivity contribution >= 4 is 0 Å². The minimum absolute atomic E-state index is 0.203. The summed E-state index contributed by atoms with van der Waals surface area (Å²) in [5, 5.41) is 0. The lowest BCUT2D eigenvalue weighted by Gasteiger charge is -2.10. The summed E-state index contributed by atoms with van der Waals surface area (Å²) in [4.78, 5) is 0. The smallest absolute Gasteiger partial charge is 0.0943 e. The Labute approximate surface area is 76.5 Å². The maximum Gasteiger partial charge on any atom is 0.0943 e. The van der Waals surface area contributed by atoms with Gasteiger partial charge in [0.05, 0.1) is 11.7 Å². The van der Waals surface area contributed by atoms with Crippen molar-refractivity contribution in [2.75, 3.05) is 0 Å². The molecule has 0 bridgehead atoms. The van der Waals surface area contributed by atoms with Gasteiger partial charge in [0.25, 0.3) is 0 Å². The summed E-state index contributed by atoms with van der Waals surface area (Å²) in [6, 6.07) is 0. The van der Waals surface area contributed by atoms with E-state index in [9.17, 15) is 0 Å². The molecule has 1 aliphatic rings. The van der Waals surface area contributed by atoms with E-state index >= 15 is 0 Å². The van der Waals surface area contributed by atoms with Crippen LogP contribution in [0.25, 0.3) is 0 Å². The molecule has 1 rings (SSSR count). The molecular weight excluding hydrogens is 148 g/mol. The van der Waals surface area contributed by atoms with Crippen LogP contribution in [-0.2, 0) is 4.74 Å². The molecule has 0 saturated carbocycles. The normalized spacial score (nSPS) is 34.8. The Balaban J connectivity index is 2.23. The highest BCUT2D eigenvalue weighted by molar-refractivity contribution is 5.00. The van der Waals surface area contributed by atoms with Crippen molar-refractivity contribution in [3.8, 4) is 0 Å². The highest BCUT2D eigenvalue weighted by atomic mass is 16.6. The third-order valence-corrected chi connectivity index (χ3v) is 3.13. The maximum atomic E-state index is 5.72. The summed E-state index contributed by atoms with van der Waals surface area (Å²) >= 11 is 0. The number of hydrogen-bond donors (Lipinski definition) is 0. The molecule has 0 unspecified atom stereocenters. The minimum atomic E-state index is 0.203. The molecule has 0 aliphatic carbocycles. The van der Waals surface area contributed by atoms with E-state index in [4.69, 9.17) is 4.74 Å². The molecule has 1 nitrogen and oxygen atoms in total. The Hall–Kier alpha value is -0.0400. The lowest BCUT2D eigenvalue weighted by Crippen LogP contribution is -2.18. The van der Waals surface area contributed by atoms with Gasteiger partial charge in [-0.05, 0) is 31.6 Å². The molecule has 0 spiro atoms. The quantitative estimate of drug-likeness (QED) is 0.590. The Morgan fingerprint density at radius 1 is 1.25 bits per heavy atom. The molecule has 0 aromatic heterocycles. The SMILES string of the molecule is CC(C)CC[C@H]1O[C@]1(C)C(C)C. The van der Waals surface area contributed by atoms with Gasteiger partial charge in [-0.2, -0.15) is 0 Å². The number of hydrogen-bond acceptors (Lipinski definition) is 1. The van der Waals surface area contributed by atoms with Crippen molar-refractivity contribution in [2.45, 2.75) is 59.2 Å². The molecule has 1 fully saturated rings. The molecular formula is C11H22O. The molecule has 0 aromatic rings. The molecule has 1 heteroatoms. The van der Waals surface area contributed by atoms with Crippen molar-refractivity contribution in [3.05, 3.63) is 0 Å². The van der Waals surface area contributed by atoms with Crippen LogP contribution in [0.15, 0.2) is 0 Å². The van der Waals surface area contributed by atoms with Gasteiger partial charge < -0.3 is 4.74 Å². The fourth-order valence-corrected chi connectivity index (χ4v) is 1.61. The summed E-state index contributed by atoms with van der Waals surface area (Å²) in [7, 11) is 0. The monoisotopic (exact) mass is 170 g/mol. The fourth-order valence-electron chi connectivity index (χ4n) is 1.61. The van der Waals surface area contributed by atoms with E-state index in [-0.39, 0.29) is 5.60 Å². The van der Waals surface area contributed by atoms with Crippen LogP contribution in [0, 0.1) is 11.8 Å². The average molecular weight is 170 g/mol. The van der Waals surface area contributed by atoms with Gasteiger partial charge in [-0.3, -0.25) is 0 Å². The summed E-state index contributed by atoms with van der Waals surface area (Å²) < 4.78 is 5.72. The van der Waals surface area contributed by atoms with E-state index in [1.165, 1.54) is 12.8 Å². The molecule has 2 atom stereocenters. The van der Waals surface area contributed by atoms with Crippen LogP contribution in [0.4, 0.5) is 0 Å². The lowest BCUT2D eigenvalue weighted by atomic mass is 9.91. The van der Waals surface area contributed by atoms with Crippen LogP contribution in [0.5, 0.6) is 0 Å². The largest absolute Gasteiger partial charge is 0.366 e. The first-order valence-electron chi connectivity index (χ1n) is 5.14. The van der Waals surface area contributed by atoms with Crippen LogP contribution in [0.3, 0.4) is 0 Å². The maximum absolute atomic E-state index is 5.72. The Morgan fingerprint density at radius 2 is 1.83 bits per heavy atom. The molecule has 0 aromatic carbocycles. The first-order chi connectivity index (χ1) is 5.47. The molecule has 72 valence electrons. The molecule has 1 saturated heterocycles. The molecule has 12 heavy (non-hydrogen) atoms. The van der Waals surface area contributed by atoms with E-state index in [1.807, 2.05) is 0 Å². The molecule has 1 heterocycles. The summed E-state index contributed by atoms with van der Waals surface area (Å²) in [5.41, 5.74) is 0.203. The Bertz CT molecular complexity index is 151. The van der Waals surface area contributed by atoms with Gasteiger partial charge in [0.2, 0.25) is 0 Å². The zero-order valence-corrected chi connectivity index (χ0v) is 9.05. The Morgan fingerprint density at radius 3 is 2.17 bits per heavy atom. The highest BCUT2D eigenvalue weighted by Gasteiger charge is 2.53. The molecule has 0 radical (unpaired) electrons. The van der Waals surface area contributed by atoms with Crippen molar-refractivity contribution in [3.63, 3.8) is 0 Å². The second-order valence-corrected chi connectivity index (χ2v) is 4.92. The van der Waals surface area contributed by atoms with Crippen LogP contribution in [0.1, 0.15) is 47.5 Å². The van der Waals surface area contributed by atoms with E-state index in [2.05, 4.69) is 34.6 Å². The standard InChI is InChI=1S/C11H22O/c1-8(2)6-7-10-11(5,12-10)9(3)4/h8-10H,6-7H2,1-5H3/t10-,11-/m1/s1. The minimum Gasteiger partial charge on any atom is -0.366 e. The van der Waals surface area contributed by atoms with E-state index in [0.29, 0.717) is 12.0 Å². The van der Waals surface area contributed by atoms with Crippen LogP contribution < -0.4 is 0 Å².